The quantitative estimate of drug-likeness (QED) is 0.767. The van der Waals surface area contributed by atoms with E-state index in [0.717, 1.165) is 12.5 Å². The van der Waals surface area contributed by atoms with Crippen molar-refractivity contribution in [1.29, 1.82) is 0 Å². The Balaban J connectivity index is 2.20. The maximum absolute atomic E-state index is 13.4. The molecule has 0 spiro atoms. The number of carbonyl (C=O) groups is 1. The van der Waals surface area contributed by atoms with Crippen molar-refractivity contribution in [2.75, 3.05) is 20.3 Å². The van der Waals surface area contributed by atoms with Crippen molar-refractivity contribution in [1.82, 2.24) is 5.06 Å². The number of hydrogen-bond donors (Lipinski definition) is 0. The molecule has 1 aliphatic rings. The van der Waals surface area contributed by atoms with Crippen molar-refractivity contribution in [3.63, 3.8) is 0 Å². The van der Waals surface area contributed by atoms with Crippen molar-refractivity contribution in [3.8, 4) is 5.75 Å². The molecule has 0 aliphatic carbocycles. The molecule has 0 radical (unpaired) electrons. The molecule has 5 heteroatoms. The molecule has 0 saturated carbocycles. The third-order valence-electron chi connectivity index (χ3n) is 2.38. The number of carbonyl (C=O) groups excluding carboxylic acids is 1. The zero-order chi connectivity index (χ0) is 11.5. The molecule has 86 valence electrons. The summed E-state index contributed by atoms with van der Waals surface area (Å²) >= 11 is 0. The van der Waals surface area contributed by atoms with Crippen molar-refractivity contribution >= 4 is 5.91 Å². The maximum atomic E-state index is 13.4. The first kappa shape index (κ1) is 10.9. The van der Waals surface area contributed by atoms with Gasteiger partial charge in [-0.15, -0.1) is 0 Å². The first-order valence-electron chi connectivity index (χ1n) is 5.00. The van der Waals surface area contributed by atoms with Crippen LogP contribution in [0.3, 0.4) is 0 Å². The number of hydroxylamine groups is 2. The molecule has 1 fully saturated rings. The van der Waals surface area contributed by atoms with Crippen LogP contribution in [0.1, 0.15) is 16.8 Å². The molecule has 4 nitrogen and oxygen atoms in total. The maximum Gasteiger partial charge on any atom is 0.277 e. The van der Waals surface area contributed by atoms with E-state index in [4.69, 9.17) is 9.57 Å². The van der Waals surface area contributed by atoms with Gasteiger partial charge in [0.05, 0.1) is 20.3 Å². The van der Waals surface area contributed by atoms with Crippen LogP contribution in [0.4, 0.5) is 4.39 Å². The normalized spacial score (nSPS) is 15.2. The number of amides is 1. The van der Waals surface area contributed by atoms with Crippen LogP contribution in [-0.2, 0) is 4.84 Å². The van der Waals surface area contributed by atoms with Crippen LogP contribution in [0.25, 0.3) is 0 Å². The number of rotatable bonds is 2. The van der Waals surface area contributed by atoms with Crippen LogP contribution in [-0.4, -0.2) is 31.2 Å². The Morgan fingerprint density at radius 3 is 2.94 bits per heavy atom. The summed E-state index contributed by atoms with van der Waals surface area (Å²) in [7, 11) is 1.38. The van der Waals surface area contributed by atoms with E-state index >= 15 is 0 Å². The van der Waals surface area contributed by atoms with Crippen molar-refractivity contribution in [2.45, 2.75) is 6.42 Å². The summed E-state index contributed by atoms with van der Waals surface area (Å²) in [6.45, 7) is 1.08. The number of methoxy groups -OCH3 is 1. The summed E-state index contributed by atoms with van der Waals surface area (Å²) in [5, 5.41) is 1.25. The van der Waals surface area contributed by atoms with Crippen LogP contribution in [0.15, 0.2) is 18.2 Å². The van der Waals surface area contributed by atoms with Gasteiger partial charge in [-0.05, 0) is 24.6 Å². The van der Waals surface area contributed by atoms with Crippen molar-refractivity contribution in [3.05, 3.63) is 29.6 Å². The van der Waals surface area contributed by atoms with Gasteiger partial charge in [0.2, 0.25) is 0 Å². The minimum absolute atomic E-state index is 0.124. The SMILES string of the molecule is COc1ccc(C(=O)N2CCCO2)cc1F. The van der Waals surface area contributed by atoms with E-state index in [0.29, 0.717) is 13.2 Å². The van der Waals surface area contributed by atoms with Gasteiger partial charge in [0.1, 0.15) is 0 Å². The highest BCUT2D eigenvalue weighted by Gasteiger charge is 2.21. The molecule has 0 aromatic heterocycles. The zero-order valence-electron chi connectivity index (χ0n) is 8.90. The Hall–Kier alpha value is -1.62. The Labute approximate surface area is 92.5 Å². The van der Waals surface area contributed by atoms with E-state index in [1.54, 1.807) is 0 Å². The second-order valence-corrected chi connectivity index (χ2v) is 3.44. The van der Waals surface area contributed by atoms with Gasteiger partial charge in [0, 0.05) is 5.56 Å². The highest BCUT2D eigenvalue weighted by Crippen LogP contribution is 2.19. The highest BCUT2D eigenvalue weighted by atomic mass is 19.1. The first-order valence-corrected chi connectivity index (χ1v) is 5.00. The number of halogens is 1. The van der Waals surface area contributed by atoms with Crippen LogP contribution < -0.4 is 4.74 Å². The zero-order valence-corrected chi connectivity index (χ0v) is 8.90. The minimum atomic E-state index is -0.549. The summed E-state index contributed by atoms with van der Waals surface area (Å²) in [5.41, 5.74) is 0.264. The van der Waals surface area contributed by atoms with E-state index in [1.165, 1.54) is 24.3 Å². The van der Waals surface area contributed by atoms with Gasteiger partial charge >= 0.3 is 0 Å². The predicted molar refractivity (Wildman–Crippen MR) is 54.6 cm³/mol. The monoisotopic (exact) mass is 225 g/mol. The number of ether oxygens (including phenoxy) is 1. The van der Waals surface area contributed by atoms with Crippen LogP contribution >= 0.6 is 0 Å². The van der Waals surface area contributed by atoms with Gasteiger partial charge in [0.15, 0.2) is 11.6 Å². The molecule has 0 atom stereocenters. The number of benzene rings is 1. The van der Waals surface area contributed by atoms with Crippen LogP contribution in [0.2, 0.25) is 0 Å². The lowest BCUT2D eigenvalue weighted by atomic mass is 10.2. The fraction of sp³-hybridized carbons (Fsp3) is 0.364. The van der Waals surface area contributed by atoms with E-state index < -0.39 is 5.82 Å². The average Bonchev–Trinajstić information content (AvgIpc) is 2.81. The molecule has 1 aromatic carbocycles. The molecule has 16 heavy (non-hydrogen) atoms. The molecule has 1 heterocycles. The van der Waals surface area contributed by atoms with Crippen LogP contribution in [0, 0.1) is 5.82 Å². The minimum Gasteiger partial charge on any atom is -0.494 e. The molecule has 2 rings (SSSR count). The molecule has 1 amide bonds. The smallest absolute Gasteiger partial charge is 0.277 e. The van der Waals surface area contributed by atoms with Gasteiger partial charge in [-0.25, -0.2) is 9.45 Å². The summed E-state index contributed by atoms with van der Waals surface area (Å²) in [6.07, 6.45) is 0.810. The summed E-state index contributed by atoms with van der Waals surface area (Å²) in [6, 6.07) is 4.10. The van der Waals surface area contributed by atoms with E-state index in [2.05, 4.69) is 0 Å². The molecular weight excluding hydrogens is 213 g/mol. The van der Waals surface area contributed by atoms with E-state index in [9.17, 15) is 9.18 Å². The van der Waals surface area contributed by atoms with Crippen molar-refractivity contribution in [2.24, 2.45) is 0 Å². The van der Waals surface area contributed by atoms with Gasteiger partial charge in [-0.1, -0.05) is 0 Å². The van der Waals surface area contributed by atoms with E-state index in [1.807, 2.05) is 0 Å². The summed E-state index contributed by atoms with van der Waals surface area (Å²) < 4.78 is 18.1. The lowest BCUT2D eigenvalue weighted by Gasteiger charge is -2.14. The second kappa shape index (κ2) is 4.49. The predicted octanol–water partition coefficient (Wildman–Crippen LogP) is 1.61. The van der Waals surface area contributed by atoms with Gasteiger partial charge in [-0.2, -0.15) is 0 Å². The van der Waals surface area contributed by atoms with Crippen molar-refractivity contribution < 1.29 is 18.8 Å². The van der Waals surface area contributed by atoms with Gasteiger partial charge in [-0.3, -0.25) is 9.63 Å². The largest absolute Gasteiger partial charge is 0.494 e. The third-order valence-corrected chi connectivity index (χ3v) is 2.38. The summed E-state index contributed by atoms with van der Waals surface area (Å²) in [4.78, 5) is 16.9. The molecule has 1 aliphatic heterocycles. The van der Waals surface area contributed by atoms with Gasteiger partial charge in [0.25, 0.3) is 5.91 Å². The first-order chi connectivity index (χ1) is 7.72. The topological polar surface area (TPSA) is 38.8 Å². The Bertz CT molecular complexity index is 402. The molecular formula is C11H12FNO3. The molecule has 0 N–H and O–H groups in total. The Kier molecular flexibility index (Phi) is 3.05. The molecule has 0 bridgehead atoms. The number of nitrogens with zero attached hydrogens (tertiary/aromatic N) is 1. The average molecular weight is 225 g/mol. The highest BCUT2D eigenvalue weighted by molar-refractivity contribution is 5.93. The lowest BCUT2D eigenvalue weighted by molar-refractivity contribution is -0.0768. The number of hydrogen-bond acceptors (Lipinski definition) is 3. The fourth-order valence-electron chi connectivity index (χ4n) is 1.55. The summed E-state index contributed by atoms with van der Waals surface area (Å²) in [5.74, 6) is -0.745. The molecule has 0 unspecified atom stereocenters. The van der Waals surface area contributed by atoms with E-state index in [-0.39, 0.29) is 17.2 Å². The lowest BCUT2D eigenvalue weighted by Crippen LogP contribution is -2.26. The van der Waals surface area contributed by atoms with Crippen LogP contribution in [0.5, 0.6) is 5.75 Å². The Morgan fingerprint density at radius 1 is 1.56 bits per heavy atom. The molecule has 1 saturated heterocycles. The second-order valence-electron chi connectivity index (χ2n) is 3.44. The molecule has 1 aromatic rings. The fourth-order valence-corrected chi connectivity index (χ4v) is 1.55. The standard InChI is InChI=1S/C11H12FNO3/c1-15-10-4-3-8(7-9(10)12)11(14)13-5-2-6-16-13/h3-4,7H,2,5-6H2,1H3. The third kappa shape index (κ3) is 1.99. The van der Waals surface area contributed by atoms with Gasteiger partial charge < -0.3 is 4.74 Å². The Morgan fingerprint density at radius 2 is 2.38 bits per heavy atom.